The molecule has 0 aliphatic heterocycles. The monoisotopic (exact) mass is 296 g/mol. The van der Waals surface area contributed by atoms with Crippen molar-refractivity contribution in [2.45, 2.75) is 46.0 Å². The minimum atomic E-state index is 0.168. The fourth-order valence-corrected chi connectivity index (χ4v) is 3.46. The molecule has 116 valence electrons. The van der Waals surface area contributed by atoms with Crippen LogP contribution in [0.5, 0.6) is 0 Å². The Morgan fingerprint density at radius 2 is 1.82 bits per heavy atom. The molecule has 1 aliphatic rings. The number of nitrogens with zero attached hydrogens (tertiary/aromatic N) is 2. The summed E-state index contributed by atoms with van der Waals surface area (Å²) in [5.41, 5.74) is 4.21. The summed E-state index contributed by atoms with van der Waals surface area (Å²) < 4.78 is 0. The quantitative estimate of drug-likeness (QED) is 0.803. The van der Waals surface area contributed by atoms with Gasteiger partial charge in [-0.2, -0.15) is 0 Å². The molecule has 1 aliphatic carbocycles. The van der Waals surface area contributed by atoms with Crippen molar-refractivity contribution in [2.75, 3.05) is 13.1 Å². The van der Waals surface area contributed by atoms with Crippen LogP contribution in [-0.2, 0) is 12.8 Å². The summed E-state index contributed by atoms with van der Waals surface area (Å²) in [4.78, 5) is 19.9. The molecule has 0 saturated carbocycles. The van der Waals surface area contributed by atoms with E-state index in [2.05, 4.69) is 0 Å². The molecular weight excluding hydrogens is 272 g/mol. The molecule has 0 unspecified atom stereocenters. The van der Waals surface area contributed by atoms with Gasteiger partial charge >= 0.3 is 0 Å². The first-order valence-electron chi connectivity index (χ1n) is 8.46. The third-order valence-corrected chi connectivity index (χ3v) is 4.68. The average Bonchev–Trinajstić information content (AvgIpc) is 2.78. The lowest BCUT2D eigenvalue weighted by Crippen LogP contribution is -2.31. The van der Waals surface area contributed by atoms with E-state index < -0.39 is 0 Å². The summed E-state index contributed by atoms with van der Waals surface area (Å²) in [6.45, 7) is 5.59. The molecule has 0 spiro atoms. The van der Waals surface area contributed by atoms with Crippen LogP contribution in [0.2, 0.25) is 0 Å². The first kappa shape index (κ1) is 15.0. The Labute approximate surface area is 132 Å². The largest absolute Gasteiger partial charge is 0.339 e. The Bertz CT molecular complexity index is 689. The van der Waals surface area contributed by atoms with Gasteiger partial charge < -0.3 is 4.90 Å². The van der Waals surface area contributed by atoms with Crippen molar-refractivity contribution in [1.82, 2.24) is 9.88 Å². The number of amides is 1. The molecule has 1 aromatic heterocycles. The van der Waals surface area contributed by atoms with Crippen LogP contribution >= 0.6 is 0 Å². The summed E-state index contributed by atoms with van der Waals surface area (Å²) in [6.07, 6.45) is 5.54. The number of hydrogen-bond acceptors (Lipinski definition) is 2. The molecule has 0 radical (unpaired) electrons. The Balaban J connectivity index is 2.25. The minimum Gasteiger partial charge on any atom is -0.339 e. The van der Waals surface area contributed by atoms with Gasteiger partial charge in [-0.3, -0.25) is 9.78 Å². The number of hydrogen-bond donors (Lipinski definition) is 0. The molecule has 1 heterocycles. The molecule has 0 N–H and O–H groups in total. The van der Waals surface area contributed by atoms with Crippen LogP contribution < -0.4 is 0 Å². The molecule has 2 aromatic rings. The number of pyridine rings is 1. The highest BCUT2D eigenvalue weighted by molar-refractivity contribution is 6.07. The Morgan fingerprint density at radius 3 is 2.59 bits per heavy atom. The van der Waals surface area contributed by atoms with Crippen molar-refractivity contribution >= 4 is 16.8 Å². The van der Waals surface area contributed by atoms with E-state index in [9.17, 15) is 4.79 Å². The maximum atomic E-state index is 13.1. The number of aryl methyl sites for hydroxylation is 1. The van der Waals surface area contributed by atoms with Gasteiger partial charge in [-0.25, -0.2) is 0 Å². The lowest BCUT2D eigenvalue weighted by atomic mass is 9.96. The van der Waals surface area contributed by atoms with Gasteiger partial charge in [0.2, 0.25) is 0 Å². The second kappa shape index (κ2) is 6.47. The van der Waals surface area contributed by atoms with Crippen LogP contribution in [0.25, 0.3) is 10.9 Å². The van der Waals surface area contributed by atoms with Gasteiger partial charge in [-0.05, 0) is 51.2 Å². The first-order valence-corrected chi connectivity index (χ1v) is 8.46. The maximum Gasteiger partial charge on any atom is 0.254 e. The predicted octanol–water partition coefficient (Wildman–Crippen LogP) is 3.99. The zero-order chi connectivity index (χ0) is 15.5. The molecule has 1 aromatic carbocycles. The lowest BCUT2D eigenvalue weighted by Gasteiger charge is -2.22. The average molecular weight is 296 g/mol. The lowest BCUT2D eigenvalue weighted by molar-refractivity contribution is 0.0773. The SMILES string of the molecule is CCN(CC)C(=O)c1c2c(nc3ccccc13)CCCCC2. The normalized spacial score (nSPS) is 14.5. The molecule has 0 bridgehead atoms. The number of aromatic nitrogens is 1. The molecule has 0 fully saturated rings. The van der Waals surface area contributed by atoms with E-state index in [-0.39, 0.29) is 5.91 Å². The van der Waals surface area contributed by atoms with Gasteiger partial charge in [0.15, 0.2) is 0 Å². The highest BCUT2D eigenvalue weighted by Crippen LogP contribution is 2.29. The second-order valence-corrected chi connectivity index (χ2v) is 5.97. The maximum absolute atomic E-state index is 13.1. The number of carbonyl (C=O) groups is 1. The Morgan fingerprint density at radius 1 is 1.09 bits per heavy atom. The van der Waals surface area contributed by atoms with Crippen molar-refractivity contribution in [3.63, 3.8) is 0 Å². The molecule has 3 rings (SSSR count). The fourth-order valence-electron chi connectivity index (χ4n) is 3.46. The van der Waals surface area contributed by atoms with E-state index in [0.717, 1.165) is 54.5 Å². The van der Waals surface area contributed by atoms with E-state index >= 15 is 0 Å². The van der Waals surface area contributed by atoms with Gasteiger partial charge in [0.25, 0.3) is 5.91 Å². The third kappa shape index (κ3) is 2.60. The molecule has 3 heteroatoms. The third-order valence-electron chi connectivity index (χ3n) is 4.68. The molecule has 0 saturated heterocycles. The fraction of sp³-hybridized carbons (Fsp3) is 0.474. The van der Waals surface area contributed by atoms with Crippen molar-refractivity contribution in [3.8, 4) is 0 Å². The number of rotatable bonds is 3. The smallest absolute Gasteiger partial charge is 0.254 e. The summed E-state index contributed by atoms with van der Waals surface area (Å²) >= 11 is 0. The van der Waals surface area contributed by atoms with E-state index in [4.69, 9.17) is 4.98 Å². The molecule has 1 amide bonds. The molecular formula is C19H24N2O. The number of fused-ring (bicyclic) bond motifs is 2. The molecule has 22 heavy (non-hydrogen) atoms. The standard InChI is InChI=1S/C19H24N2O/c1-3-21(4-2)19(22)18-14-10-6-5-7-12-16(14)20-17-13-9-8-11-15(17)18/h8-9,11,13H,3-7,10,12H2,1-2H3. The zero-order valence-electron chi connectivity index (χ0n) is 13.6. The van der Waals surface area contributed by atoms with Crippen LogP contribution in [0.15, 0.2) is 24.3 Å². The van der Waals surface area contributed by atoms with Crippen molar-refractivity contribution < 1.29 is 4.79 Å². The van der Waals surface area contributed by atoms with E-state index in [0.29, 0.717) is 0 Å². The molecule has 3 nitrogen and oxygen atoms in total. The van der Waals surface area contributed by atoms with Crippen LogP contribution in [0.1, 0.15) is 54.7 Å². The first-order chi connectivity index (χ1) is 10.8. The van der Waals surface area contributed by atoms with Crippen molar-refractivity contribution in [3.05, 3.63) is 41.1 Å². The van der Waals surface area contributed by atoms with Crippen LogP contribution in [0, 0.1) is 0 Å². The van der Waals surface area contributed by atoms with E-state index in [1.807, 2.05) is 43.0 Å². The summed E-state index contributed by atoms with van der Waals surface area (Å²) in [5, 5.41) is 1.01. The van der Waals surface area contributed by atoms with Crippen LogP contribution in [0.3, 0.4) is 0 Å². The summed E-state index contributed by atoms with van der Waals surface area (Å²) in [7, 11) is 0. The molecule has 0 atom stereocenters. The second-order valence-electron chi connectivity index (χ2n) is 5.97. The zero-order valence-corrected chi connectivity index (χ0v) is 13.6. The summed E-state index contributed by atoms with van der Waals surface area (Å²) in [6, 6.07) is 8.08. The Hall–Kier alpha value is -1.90. The topological polar surface area (TPSA) is 33.2 Å². The highest BCUT2D eigenvalue weighted by Gasteiger charge is 2.24. The van der Waals surface area contributed by atoms with Gasteiger partial charge in [-0.15, -0.1) is 0 Å². The van der Waals surface area contributed by atoms with Gasteiger partial charge in [0.1, 0.15) is 0 Å². The predicted molar refractivity (Wildman–Crippen MR) is 90.3 cm³/mol. The van der Waals surface area contributed by atoms with Crippen LogP contribution in [0.4, 0.5) is 0 Å². The van der Waals surface area contributed by atoms with Crippen molar-refractivity contribution in [2.24, 2.45) is 0 Å². The number of benzene rings is 1. The van der Waals surface area contributed by atoms with Crippen LogP contribution in [-0.4, -0.2) is 28.9 Å². The van der Waals surface area contributed by atoms with Gasteiger partial charge in [0.05, 0.1) is 11.1 Å². The minimum absolute atomic E-state index is 0.168. The number of carbonyl (C=O) groups excluding carboxylic acids is 1. The van der Waals surface area contributed by atoms with Gasteiger partial charge in [-0.1, -0.05) is 24.6 Å². The van der Waals surface area contributed by atoms with Gasteiger partial charge in [0, 0.05) is 24.2 Å². The Kier molecular flexibility index (Phi) is 4.41. The van der Waals surface area contributed by atoms with E-state index in [1.54, 1.807) is 0 Å². The summed E-state index contributed by atoms with van der Waals surface area (Å²) in [5.74, 6) is 0.168. The highest BCUT2D eigenvalue weighted by atomic mass is 16.2. The van der Waals surface area contributed by atoms with E-state index in [1.165, 1.54) is 18.4 Å². The van der Waals surface area contributed by atoms with Crippen molar-refractivity contribution in [1.29, 1.82) is 0 Å². The number of para-hydroxylation sites is 1.